The maximum absolute atomic E-state index is 3.65. The first-order chi connectivity index (χ1) is 8.88. The fraction of sp³-hybridized carbons (Fsp3) is 0.667. The highest BCUT2D eigenvalue weighted by molar-refractivity contribution is 5.37. The number of rotatable bonds is 5. The van der Waals surface area contributed by atoms with Gasteiger partial charge in [0.1, 0.15) is 0 Å². The topological polar surface area (TPSA) is 12.0 Å². The van der Waals surface area contributed by atoms with Gasteiger partial charge in [0, 0.05) is 12.0 Å². The van der Waals surface area contributed by atoms with Gasteiger partial charge in [-0.3, -0.25) is 0 Å². The summed E-state index contributed by atoms with van der Waals surface area (Å²) in [5, 5.41) is 3.65. The lowest BCUT2D eigenvalue weighted by Gasteiger charge is -2.54. The number of nitrogens with one attached hydrogen (secondary N) is 1. The summed E-state index contributed by atoms with van der Waals surface area (Å²) in [7, 11) is 0. The summed E-state index contributed by atoms with van der Waals surface area (Å²) < 4.78 is 0. The molecular weight excluding hydrogens is 230 g/mol. The lowest BCUT2D eigenvalue weighted by molar-refractivity contribution is 0.0564. The van der Waals surface area contributed by atoms with Crippen LogP contribution in [0, 0.1) is 19.3 Å². The zero-order valence-electron chi connectivity index (χ0n) is 13.3. The van der Waals surface area contributed by atoms with Crippen molar-refractivity contribution in [2.75, 3.05) is 13.1 Å². The van der Waals surface area contributed by atoms with Gasteiger partial charge in [-0.2, -0.15) is 0 Å². The molecule has 1 aromatic rings. The molecule has 19 heavy (non-hydrogen) atoms. The molecule has 0 saturated heterocycles. The maximum atomic E-state index is 3.65. The van der Waals surface area contributed by atoms with Crippen molar-refractivity contribution in [1.29, 1.82) is 0 Å². The van der Waals surface area contributed by atoms with Crippen molar-refractivity contribution < 1.29 is 0 Å². The zero-order chi connectivity index (χ0) is 14.1. The minimum atomic E-state index is 0.372. The first kappa shape index (κ1) is 14.6. The second-order valence-electron chi connectivity index (χ2n) is 7.27. The van der Waals surface area contributed by atoms with Crippen LogP contribution in [0.25, 0.3) is 0 Å². The Morgan fingerprint density at radius 3 is 2.32 bits per heavy atom. The summed E-state index contributed by atoms with van der Waals surface area (Å²) in [6.07, 6.45) is 3.82. The van der Waals surface area contributed by atoms with Gasteiger partial charge in [-0.15, -0.1) is 0 Å². The zero-order valence-corrected chi connectivity index (χ0v) is 13.3. The Balaban J connectivity index is 2.20. The molecule has 0 spiro atoms. The van der Waals surface area contributed by atoms with Crippen molar-refractivity contribution in [2.45, 2.75) is 59.3 Å². The van der Waals surface area contributed by atoms with Crippen LogP contribution in [0.2, 0.25) is 0 Å². The minimum Gasteiger partial charge on any atom is -0.316 e. The molecule has 1 nitrogen and oxygen atoms in total. The fourth-order valence-electron chi connectivity index (χ4n) is 3.79. The van der Waals surface area contributed by atoms with Crippen molar-refractivity contribution in [3.8, 4) is 0 Å². The first-order valence-electron chi connectivity index (χ1n) is 7.67. The van der Waals surface area contributed by atoms with Crippen LogP contribution in [-0.2, 0) is 5.41 Å². The third-order valence-electron chi connectivity index (χ3n) is 4.64. The molecule has 106 valence electrons. The Hall–Kier alpha value is -0.820. The molecule has 1 aliphatic rings. The van der Waals surface area contributed by atoms with Crippen LogP contribution >= 0.6 is 0 Å². The molecule has 0 heterocycles. The lowest BCUT2D eigenvalue weighted by Crippen LogP contribution is -2.52. The number of benzene rings is 1. The molecule has 1 N–H and O–H groups in total. The third kappa shape index (κ3) is 3.02. The Morgan fingerprint density at radius 1 is 1.11 bits per heavy atom. The van der Waals surface area contributed by atoms with E-state index < -0.39 is 0 Å². The predicted molar refractivity (Wildman–Crippen MR) is 83.8 cm³/mol. The molecule has 0 unspecified atom stereocenters. The summed E-state index contributed by atoms with van der Waals surface area (Å²) in [6.45, 7) is 13.7. The minimum absolute atomic E-state index is 0.372. The van der Waals surface area contributed by atoms with Crippen LogP contribution < -0.4 is 5.32 Å². The second-order valence-corrected chi connectivity index (χ2v) is 7.27. The van der Waals surface area contributed by atoms with E-state index in [1.165, 1.54) is 30.4 Å². The van der Waals surface area contributed by atoms with Gasteiger partial charge in [0.25, 0.3) is 0 Å². The normalized spacial score (nSPS) is 20.1. The standard InChI is InChI=1S/C18H29N/c1-6-9-19-13-18(11-17(4,5)12-18)16-8-7-14(2)15(3)10-16/h7-8,10,19H,6,9,11-13H2,1-5H3. The molecular formula is C18H29N. The van der Waals surface area contributed by atoms with Gasteiger partial charge >= 0.3 is 0 Å². The van der Waals surface area contributed by atoms with Gasteiger partial charge in [-0.05, 0) is 61.8 Å². The summed E-state index contributed by atoms with van der Waals surface area (Å²) in [5.74, 6) is 0. The van der Waals surface area contributed by atoms with E-state index in [-0.39, 0.29) is 0 Å². The average Bonchev–Trinajstić information content (AvgIpc) is 2.30. The van der Waals surface area contributed by atoms with Crippen LogP contribution in [0.4, 0.5) is 0 Å². The molecule has 1 aromatic carbocycles. The number of aryl methyl sites for hydroxylation is 2. The third-order valence-corrected chi connectivity index (χ3v) is 4.64. The molecule has 1 fully saturated rings. The van der Waals surface area contributed by atoms with Crippen molar-refractivity contribution in [3.05, 3.63) is 34.9 Å². The summed E-state index contributed by atoms with van der Waals surface area (Å²) in [4.78, 5) is 0. The highest BCUT2D eigenvalue weighted by atomic mass is 14.9. The summed E-state index contributed by atoms with van der Waals surface area (Å²) in [5.41, 5.74) is 5.25. The van der Waals surface area contributed by atoms with E-state index >= 15 is 0 Å². The quantitative estimate of drug-likeness (QED) is 0.775. The summed E-state index contributed by atoms with van der Waals surface area (Å²) >= 11 is 0. The van der Waals surface area contributed by atoms with Gasteiger partial charge in [-0.25, -0.2) is 0 Å². The van der Waals surface area contributed by atoms with E-state index in [0.29, 0.717) is 10.8 Å². The summed E-state index contributed by atoms with van der Waals surface area (Å²) in [6, 6.07) is 7.06. The van der Waals surface area contributed by atoms with E-state index in [4.69, 9.17) is 0 Å². The predicted octanol–water partition coefficient (Wildman–Crippen LogP) is 4.36. The molecule has 0 aromatic heterocycles. The van der Waals surface area contributed by atoms with E-state index in [1.807, 2.05) is 0 Å². The fourth-order valence-corrected chi connectivity index (χ4v) is 3.79. The highest BCUT2D eigenvalue weighted by Gasteiger charge is 2.49. The van der Waals surface area contributed by atoms with Crippen molar-refractivity contribution in [2.24, 2.45) is 5.41 Å². The van der Waals surface area contributed by atoms with E-state index in [1.54, 1.807) is 5.56 Å². The van der Waals surface area contributed by atoms with Crippen LogP contribution in [0.5, 0.6) is 0 Å². The molecule has 1 saturated carbocycles. The molecule has 0 radical (unpaired) electrons. The SMILES string of the molecule is CCCNCC1(c2ccc(C)c(C)c2)CC(C)(C)C1. The smallest absolute Gasteiger partial charge is 0.00880 e. The molecule has 1 aliphatic carbocycles. The van der Waals surface area contributed by atoms with Crippen molar-refractivity contribution >= 4 is 0 Å². The van der Waals surface area contributed by atoms with Crippen LogP contribution in [0.15, 0.2) is 18.2 Å². The lowest BCUT2D eigenvalue weighted by atomic mass is 9.51. The number of hydrogen-bond acceptors (Lipinski definition) is 1. The Kier molecular flexibility index (Phi) is 4.06. The van der Waals surface area contributed by atoms with Crippen molar-refractivity contribution in [1.82, 2.24) is 5.32 Å². The molecule has 1 heteroatoms. The molecule has 2 rings (SSSR count). The van der Waals surface area contributed by atoms with Crippen LogP contribution in [-0.4, -0.2) is 13.1 Å². The van der Waals surface area contributed by atoms with Gasteiger partial charge in [-0.1, -0.05) is 39.0 Å². The molecule has 0 bridgehead atoms. The van der Waals surface area contributed by atoms with Gasteiger partial charge in [0.2, 0.25) is 0 Å². The highest BCUT2D eigenvalue weighted by Crippen LogP contribution is 2.55. The molecule has 0 atom stereocenters. The Labute approximate surface area is 118 Å². The van der Waals surface area contributed by atoms with Crippen LogP contribution in [0.1, 0.15) is 56.7 Å². The second kappa shape index (κ2) is 5.28. The van der Waals surface area contributed by atoms with Crippen LogP contribution in [0.3, 0.4) is 0 Å². The molecule has 0 aliphatic heterocycles. The van der Waals surface area contributed by atoms with Gasteiger partial charge in [0.15, 0.2) is 0 Å². The van der Waals surface area contributed by atoms with E-state index in [9.17, 15) is 0 Å². The Bertz CT molecular complexity index is 437. The Morgan fingerprint density at radius 2 is 1.79 bits per heavy atom. The monoisotopic (exact) mass is 259 g/mol. The maximum Gasteiger partial charge on any atom is 0.00880 e. The van der Waals surface area contributed by atoms with E-state index in [0.717, 1.165) is 13.1 Å². The molecule has 0 amide bonds. The van der Waals surface area contributed by atoms with E-state index in [2.05, 4.69) is 58.1 Å². The number of hydrogen-bond donors (Lipinski definition) is 1. The largest absolute Gasteiger partial charge is 0.316 e. The van der Waals surface area contributed by atoms with Crippen molar-refractivity contribution in [3.63, 3.8) is 0 Å². The average molecular weight is 259 g/mol. The van der Waals surface area contributed by atoms with Gasteiger partial charge < -0.3 is 5.32 Å². The first-order valence-corrected chi connectivity index (χ1v) is 7.67. The van der Waals surface area contributed by atoms with Gasteiger partial charge in [0.05, 0.1) is 0 Å².